The first kappa shape index (κ1) is 27.3. The summed E-state index contributed by atoms with van der Waals surface area (Å²) in [6, 6.07) is 5.38. The molecule has 0 bridgehead atoms. The van der Waals surface area contributed by atoms with Crippen LogP contribution in [0.25, 0.3) is 5.69 Å². The molecule has 1 aliphatic heterocycles. The zero-order valence-electron chi connectivity index (χ0n) is 22.0. The molecule has 36 heavy (non-hydrogen) atoms. The Morgan fingerprint density at radius 1 is 1.14 bits per heavy atom. The van der Waals surface area contributed by atoms with Crippen molar-refractivity contribution in [1.29, 1.82) is 0 Å². The van der Waals surface area contributed by atoms with Crippen LogP contribution in [0, 0.1) is 6.92 Å². The van der Waals surface area contributed by atoms with Crippen LogP contribution in [-0.2, 0) is 11.2 Å². The van der Waals surface area contributed by atoms with E-state index in [0.717, 1.165) is 11.4 Å². The smallest absolute Gasteiger partial charge is 0.239 e. The van der Waals surface area contributed by atoms with Gasteiger partial charge in [0.25, 0.3) is 0 Å². The molecule has 1 fully saturated rings. The van der Waals surface area contributed by atoms with Crippen LogP contribution in [0.4, 0.5) is 5.95 Å². The fourth-order valence-electron chi connectivity index (χ4n) is 3.93. The van der Waals surface area contributed by atoms with Crippen LogP contribution in [0.15, 0.2) is 30.6 Å². The molecule has 11 heteroatoms. The normalized spacial score (nSPS) is 15.8. The number of para-hydroxylation sites is 1. The number of aryl methyl sites for hydroxylation is 1. The number of benzene rings is 1. The number of aromatic nitrogens is 5. The van der Waals surface area contributed by atoms with Crippen LogP contribution in [0.5, 0.6) is 11.5 Å². The summed E-state index contributed by atoms with van der Waals surface area (Å²) in [7, 11) is 5.02. The van der Waals surface area contributed by atoms with Crippen molar-refractivity contribution >= 4 is 23.8 Å². The van der Waals surface area contributed by atoms with Crippen molar-refractivity contribution in [1.82, 2.24) is 29.6 Å². The van der Waals surface area contributed by atoms with E-state index in [1.54, 1.807) is 26.2 Å². The number of hydrogen-bond acceptors (Lipinski definition) is 9. The van der Waals surface area contributed by atoms with Gasteiger partial charge >= 0.3 is 0 Å². The number of hydrogen-bond donors (Lipinski definition) is 1. The highest BCUT2D eigenvalue weighted by molar-refractivity contribution is 8.01. The zero-order valence-corrected chi connectivity index (χ0v) is 22.8. The molecule has 1 amide bonds. The van der Waals surface area contributed by atoms with Gasteiger partial charge in [-0.15, -0.1) is 10.2 Å². The summed E-state index contributed by atoms with van der Waals surface area (Å²) in [6.45, 7) is 8.06. The lowest BCUT2D eigenvalue weighted by atomic mass is 10.2. The predicted octanol–water partition coefficient (Wildman–Crippen LogP) is 4.39. The van der Waals surface area contributed by atoms with Crippen LogP contribution in [-0.4, -0.2) is 62.1 Å². The first-order valence-electron chi connectivity index (χ1n) is 12.0. The Bertz CT molecular complexity index is 1130. The van der Waals surface area contributed by atoms with Gasteiger partial charge in [-0.3, -0.25) is 14.1 Å². The number of ether oxygens (including phenoxy) is 2. The van der Waals surface area contributed by atoms with Gasteiger partial charge in [-0.25, -0.2) is 9.97 Å². The Kier molecular flexibility index (Phi) is 9.51. The van der Waals surface area contributed by atoms with E-state index in [1.165, 1.54) is 11.9 Å². The van der Waals surface area contributed by atoms with Crippen molar-refractivity contribution in [3.63, 3.8) is 0 Å². The molecule has 0 radical (unpaired) electrons. The van der Waals surface area contributed by atoms with E-state index in [1.807, 2.05) is 55.9 Å². The Morgan fingerprint density at radius 2 is 1.78 bits per heavy atom. The van der Waals surface area contributed by atoms with Crippen molar-refractivity contribution in [2.75, 3.05) is 26.0 Å². The minimum absolute atomic E-state index is 0.0853. The van der Waals surface area contributed by atoms with E-state index in [-0.39, 0.29) is 17.2 Å². The van der Waals surface area contributed by atoms with Gasteiger partial charge in [-0.05, 0) is 43.0 Å². The molecule has 0 aliphatic carbocycles. The van der Waals surface area contributed by atoms with E-state index >= 15 is 0 Å². The summed E-state index contributed by atoms with van der Waals surface area (Å²) in [6.07, 6.45) is 5.48. The molecule has 1 saturated heterocycles. The van der Waals surface area contributed by atoms with Crippen LogP contribution in [0.1, 0.15) is 56.9 Å². The Hall–Kier alpha value is -3.34. The van der Waals surface area contributed by atoms with Gasteiger partial charge < -0.3 is 14.4 Å². The summed E-state index contributed by atoms with van der Waals surface area (Å²) >= 11 is 1.51. The van der Waals surface area contributed by atoms with Gasteiger partial charge in [0.15, 0.2) is 5.82 Å². The second kappa shape index (κ2) is 12.6. The Labute approximate surface area is 217 Å². The number of nitrogens with one attached hydrogen (secondary N) is 1. The lowest BCUT2D eigenvalue weighted by Crippen LogP contribution is -2.25. The molecule has 3 aromatic rings. The predicted molar refractivity (Wildman–Crippen MR) is 142 cm³/mol. The topological polar surface area (TPSA) is 107 Å². The fourth-order valence-corrected chi connectivity index (χ4v) is 4.60. The second-order valence-corrected chi connectivity index (χ2v) is 9.44. The van der Waals surface area contributed by atoms with Crippen LogP contribution >= 0.6 is 11.9 Å². The van der Waals surface area contributed by atoms with Gasteiger partial charge in [0, 0.05) is 37.5 Å². The molecule has 3 heterocycles. The number of carbonyl (C=O) groups is 1. The van der Waals surface area contributed by atoms with Crippen molar-refractivity contribution in [3.8, 4) is 17.2 Å². The molecule has 1 aliphatic rings. The Morgan fingerprint density at radius 3 is 2.33 bits per heavy atom. The molecule has 0 spiro atoms. The highest BCUT2D eigenvalue weighted by Crippen LogP contribution is 2.40. The van der Waals surface area contributed by atoms with E-state index in [4.69, 9.17) is 9.47 Å². The van der Waals surface area contributed by atoms with Gasteiger partial charge in [-0.2, -0.15) is 0 Å². The number of rotatable bonds is 9. The Balaban J connectivity index is 0.00000176. The lowest BCUT2D eigenvalue weighted by molar-refractivity contribution is -0.127. The summed E-state index contributed by atoms with van der Waals surface area (Å²) in [5.41, 5.74) is 1.71. The van der Waals surface area contributed by atoms with Crippen molar-refractivity contribution in [3.05, 3.63) is 47.8 Å². The van der Waals surface area contributed by atoms with Crippen LogP contribution in [0.3, 0.4) is 0 Å². The first-order chi connectivity index (χ1) is 17.4. The van der Waals surface area contributed by atoms with Gasteiger partial charge in [0.05, 0.1) is 20.3 Å². The van der Waals surface area contributed by atoms with E-state index < -0.39 is 0 Å². The third-order valence-corrected chi connectivity index (χ3v) is 6.63. The summed E-state index contributed by atoms with van der Waals surface area (Å²) < 4.78 is 16.6. The van der Waals surface area contributed by atoms with E-state index in [2.05, 4.69) is 31.8 Å². The monoisotopic (exact) mass is 513 g/mol. The van der Waals surface area contributed by atoms with Gasteiger partial charge in [0.2, 0.25) is 11.9 Å². The van der Waals surface area contributed by atoms with Crippen LogP contribution < -0.4 is 14.2 Å². The average molecular weight is 514 g/mol. The maximum Gasteiger partial charge on any atom is 0.239 e. The molecular weight excluding hydrogens is 478 g/mol. The number of carbonyl (C=O) groups excluding carboxylic acids is 1. The lowest BCUT2D eigenvalue weighted by Gasteiger charge is -2.23. The number of nitrogens with zero attached hydrogens (tertiary/aromatic N) is 6. The number of amides is 1. The summed E-state index contributed by atoms with van der Waals surface area (Å²) in [4.78, 5) is 22.8. The third kappa shape index (κ3) is 5.89. The zero-order chi connectivity index (χ0) is 26.2. The minimum Gasteiger partial charge on any atom is -0.494 e. The molecule has 2 unspecified atom stereocenters. The largest absolute Gasteiger partial charge is 0.494 e. The van der Waals surface area contributed by atoms with E-state index in [9.17, 15) is 4.79 Å². The van der Waals surface area contributed by atoms with Gasteiger partial charge in [0.1, 0.15) is 23.0 Å². The number of anilines is 1. The molecule has 10 nitrogen and oxygen atoms in total. The van der Waals surface area contributed by atoms with E-state index in [0.29, 0.717) is 48.2 Å². The molecule has 1 N–H and O–H groups in total. The third-order valence-electron chi connectivity index (χ3n) is 5.76. The highest BCUT2D eigenvalue weighted by Gasteiger charge is 2.35. The summed E-state index contributed by atoms with van der Waals surface area (Å²) in [5, 5.41) is 9.09. The first-order valence-corrected chi connectivity index (χ1v) is 12.9. The van der Waals surface area contributed by atoms with Crippen molar-refractivity contribution in [2.24, 2.45) is 0 Å². The number of likely N-dealkylation sites (tertiary alicyclic amines) is 1. The second-order valence-electron chi connectivity index (χ2n) is 8.20. The molecule has 4 rings (SSSR count). The SMILES string of the molecule is CC.COc1cccc(OC)c1-n1c(NSC(C)Cc2ncc(C)cn2)nnc1C1CCC(=O)N1C. The van der Waals surface area contributed by atoms with Gasteiger partial charge in [-0.1, -0.05) is 26.8 Å². The molecule has 1 aromatic carbocycles. The maximum absolute atomic E-state index is 12.3. The quantitative estimate of drug-likeness (QED) is 0.417. The van der Waals surface area contributed by atoms with Crippen molar-refractivity contribution in [2.45, 2.75) is 58.2 Å². The minimum atomic E-state index is -0.200. The fraction of sp³-hybridized carbons (Fsp3) is 0.480. The standard InChI is InChI=1S/C23H29N7O3S.C2H6/c1-14-12-24-19(25-13-14)11-15(2)34-28-23-27-26-22(16-9-10-20(31)29(16)3)30(23)21-17(32-4)7-6-8-18(21)33-5;1-2/h6-8,12-13,15-16H,9-11H2,1-5H3,(H,27,28);1-2H3. The number of methoxy groups -OCH3 is 2. The van der Waals surface area contributed by atoms with Crippen molar-refractivity contribution < 1.29 is 14.3 Å². The molecular formula is C25H35N7O3S. The maximum atomic E-state index is 12.3. The molecule has 194 valence electrons. The highest BCUT2D eigenvalue weighted by atomic mass is 32.2. The molecule has 0 saturated carbocycles. The molecule has 2 aromatic heterocycles. The average Bonchev–Trinajstić information content (AvgIpc) is 3.46. The van der Waals surface area contributed by atoms with Crippen LogP contribution in [0.2, 0.25) is 0 Å². The summed E-state index contributed by atoms with van der Waals surface area (Å²) in [5.74, 6) is 3.26. The molecule has 2 atom stereocenters.